The summed E-state index contributed by atoms with van der Waals surface area (Å²) in [5.41, 5.74) is 1.94. The average molecular weight is 1130 g/mol. The molecular weight excluding hydrogens is 1070 g/mol. The predicted octanol–water partition coefficient (Wildman–Crippen LogP) is 6.01. The van der Waals surface area contributed by atoms with Crippen LogP contribution in [-0.4, -0.2) is 136 Å². The van der Waals surface area contributed by atoms with Crippen LogP contribution in [0.4, 0.5) is 32.1 Å². The fourth-order valence-electron chi connectivity index (χ4n) is 5.37. The Bertz CT molecular complexity index is 2510. The standard InChI is InChI=1S/C15H22ClNO2.C11H10Cl2F2N4O3S.C8H14ClN5.C3H8NO5P.C3H9S/c1-5-13-8-6-7-11(2)15(13)17(14(18)9-16)12(3)10-19-4;1-5-16-19(11(20)18(5)10(14)15)9-4-8(17-23(2,21)22)6(12)3-7(9)13;1-4-10-7-12-6(9)13-8(14-7)11-5(2)3;5-3(6)1-4-2-10(7,8)9;1-4(2)3/h6-8,12H,5,9-10H2,1-4H3;3-4,10,17H,1-2H3;5H,4H2,1-3H3,(H2,10,11,12,13,14);4H,1-2H2,(H,5,6)(H2,7,8,9);1-3H3/q;;;;+1/p-1. The van der Waals surface area contributed by atoms with Gasteiger partial charge in [0.2, 0.25) is 33.1 Å². The molecule has 2 heterocycles. The molecule has 0 spiro atoms. The number of carboxylic acids is 1. The number of nitrogens with one attached hydrogen (secondary N) is 4. The maximum absolute atomic E-state index is 12.8. The van der Waals surface area contributed by atoms with E-state index in [1.165, 1.54) is 13.0 Å². The molecule has 2 atom stereocenters. The Balaban J connectivity index is 0.000000917. The molecule has 30 heteroatoms. The number of carboxylic acid groups (broad SMARTS) is 1. The highest BCUT2D eigenvalue weighted by atomic mass is 35.5. The van der Waals surface area contributed by atoms with E-state index in [1.54, 1.807) is 12.0 Å². The summed E-state index contributed by atoms with van der Waals surface area (Å²) in [4.78, 5) is 65.7. The third kappa shape index (κ3) is 25.5. The number of carbonyl (C=O) groups excluding carboxylic acids is 1. The van der Waals surface area contributed by atoms with Crippen molar-refractivity contribution in [3.8, 4) is 5.69 Å². The summed E-state index contributed by atoms with van der Waals surface area (Å²) in [7, 11) is -5.72. The topological polar surface area (TPSA) is 288 Å². The highest BCUT2D eigenvalue weighted by Crippen LogP contribution is 2.32. The molecule has 0 saturated carbocycles. The largest absolute Gasteiger partial charge is 0.778 e. The van der Waals surface area contributed by atoms with E-state index in [1.807, 2.05) is 52.1 Å². The van der Waals surface area contributed by atoms with E-state index in [9.17, 15) is 41.0 Å². The number of aromatic nitrogens is 6. The Morgan fingerprint density at radius 1 is 1.03 bits per heavy atom. The van der Waals surface area contributed by atoms with Crippen LogP contribution in [0.1, 0.15) is 58.1 Å². The van der Waals surface area contributed by atoms with Crippen LogP contribution in [0.5, 0.6) is 0 Å². The van der Waals surface area contributed by atoms with E-state index >= 15 is 0 Å². The zero-order valence-electron chi connectivity index (χ0n) is 40.7. The predicted molar refractivity (Wildman–Crippen MR) is 276 cm³/mol. The van der Waals surface area contributed by atoms with Crippen molar-refractivity contribution >= 4 is 110 Å². The van der Waals surface area contributed by atoms with Gasteiger partial charge in [-0.15, -0.1) is 16.7 Å². The number of aliphatic carboxylic acids is 1. The van der Waals surface area contributed by atoms with Crippen LogP contribution in [0.15, 0.2) is 35.1 Å². The number of amides is 1. The van der Waals surface area contributed by atoms with Crippen molar-refractivity contribution in [3.63, 3.8) is 0 Å². The fraction of sp³-hybridized carbons (Fsp3) is 0.525. The second-order valence-electron chi connectivity index (χ2n) is 15.1. The number of sulfonamides is 1. The number of methoxy groups -OCH3 is 1. The minimum absolute atomic E-state index is 0.0223. The molecule has 0 aliphatic rings. The number of halogens is 6. The summed E-state index contributed by atoms with van der Waals surface area (Å²) in [6.45, 7) is 11.0. The monoisotopic (exact) mass is 1130 g/mol. The van der Waals surface area contributed by atoms with E-state index in [0.29, 0.717) is 34.1 Å². The maximum Gasteiger partial charge on any atom is 0.355 e. The van der Waals surface area contributed by atoms with E-state index in [-0.39, 0.29) is 61.0 Å². The van der Waals surface area contributed by atoms with Crippen molar-refractivity contribution in [2.24, 2.45) is 0 Å². The van der Waals surface area contributed by atoms with Crippen molar-refractivity contribution in [3.05, 3.63) is 73.1 Å². The molecule has 396 valence electrons. The number of benzene rings is 2. The third-order valence-electron chi connectivity index (χ3n) is 7.86. The lowest BCUT2D eigenvalue weighted by Crippen LogP contribution is -2.43. The molecule has 1 amide bonds. The van der Waals surface area contributed by atoms with Gasteiger partial charge >= 0.3 is 18.2 Å². The molecule has 4 rings (SSSR count). The number of rotatable bonds is 18. The van der Waals surface area contributed by atoms with Crippen LogP contribution in [-0.2, 0) is 46.2 Å². The van der Waals surface area contributed by atoms with Gasteiger partial charge in [0, 0.05) is 19.7 Å². The van der Waals surface area contributed by atoms with Crippen LogP contribution in [0.25, 0.3) is 5.69 Å². The first kappa shape index (κ1) is 66.1. The number of nitrogens with zero attached hydrogens (tertiary/aromatic N) is 7. The van der Waals surface area contributed by atoms with E-state index in [0.717, 1.165) is 42.1 Å². The van der Waals surface area contributed by atoms with E-state index in [4.69, 9.17) is 61.1 Å². The molecule has 2 unspecified atom stereocenters. The number of ether oxygens (including phenoxy) is 1. The summed E-state index contributed by atoms with van der Waals surface area (Å²) < 4.78 is 66.4. The SMILES string of the molecule is CCNc1nc(Cl)nc(NC(C)C)n1.CCc1cccc(C)c1N(C(=O)CCl)C(C)COC.C[S+](C)C.Cc1nn(-c2cc(NS(C)(=O)=O)c(Cl)cc2Cl)c(=O)n1C(F)F.O=C(O)CNCP(=O)([O-])O. The quantitative estimate of drug-likeness (QED) is 0.0377. The number of hydrogen-bond donors (Lipinski definition) is 6. The zero-order chi connectivity index (χ0) is 54.3. The first-order valence-corrected chi connectivity index (χ1v) is 28.4. The van der Waals surface area contributed by atoms with Gasteiger partial charge in [0.15, 0.2) is 0 Å². The smallest absolute Gasteiger partial charge is 0.355 e. The van der Waals surface area contributed by atoms with Crippen molar-refractivity contribution in [2.45, 2.75) is 73.5 Å². The molecule has 6 N–H and O–H groups in total. The molecular formula is C40H62Cl4F2N11O10PS2. The number of aryl methyl sites for hydroxylation is 3. The molecule has 4 aromatic rings. The Morgan fingerprint density at radius 3 is 2.07 bits per heavy atom. The summed E-state index contributed by atoms with van der Waals surface area (Å²) in [5, 5.41) is 19.8. The number of alkyl halides is 3. The van der Waals surface area contributed by atoms with Crippen LogP contribution in [0.2, 0.25) is 15.3 Å². The second kappa shape index (κ2) is 32.2. The maximum atomic E-state index is 12.8. The summed E-state index contributed by atoms with van der Waals surface area (Å²) in [5.74, 6) is -0.519. The Morgan fingerprint density at radius 2 is 1.61 bits per heavy atom. The van der Waals surface area contributed by atoms with Crippen molar-refractivity contribution in [1.82, 2.24) is 34.6 Å². The van der Waals surface area contributed by atoms with Crippen LogP contribution >= 0.6 is 54.0 Å². The first-order valence-electron chi connectivity index (χ1n) is 20.6. The highest BCUT2D eigenvalue weighted by molar-refractivity contribution is 7.94. The normalized spacial score (nSPS) is 12.2. The number of carbonyl (C=O) groups is 2. The van der Waals surface area contributed by atoms with Gasteiger partial charge in [0.05, 0.1) is 77.6 Å². The molecule has 21 nitrogen and oxygen atoms in total. The molecule has 2 aromatic heterocycles. The van der Waals surface area contributed by atoms with Crippen molar-refractivity contribution in [2.75, 3.05) is 84.3 Å². The lowest BCUT2D eigenvalue weighted by molar-refractivity contribution is -0.193. The zero-order valence-corrected chi connectivity index (χ0v) is 46.2. The van der Waals surface area contributed by atoms with Gasteiger partial charge in [0.1, 0.15) is 19.3 Å². The van der Waals surface area contributed by atoms with Gasteiger partial charge in [0.25, 0.3) is 0 Å². The Hall–Kier alpha value is -3.88. The van der Waals surface area contributed by atoms with Gasteiger partial charge in [-0.25, -0.2) is 17.8 Å². The van der Waals surface area contributed by atoms with Gasteiger partial charge < -0.3 is 39.7 Å². The van der Waals surface area contributed by atoms with Gasteiger partial charge in [-0.2, -0.15) is 28.4 Å². The number of para-hydroxylation sites is 1. The molecule has 0 aliphatic heterocycles. The van der Waals surface area contributed by atoms with Crippen LogP contribution in [0, 0.1) is 13.8 Å². The molecule has 0 fully saturated rings. The molecule has 70 heavy (non-hydrogen) atoms. The summed E-state index contributed by atoms with van der Waals surface area (Å²) in [6, 6.07) is 8.62. The van der Waals surface area contributed by atoms with Gasteiger partial charge in [-0.1, -0.05) is 48.3 Å². The third-order valence-corrected chi connectivity index (χ3v) is 10.1. The fourth-order valence-corrected chi connectivity index (χ4v) is 7.19. The minimum atomic E-state index is -4.35. The van der Waals surface area contributed by atoms with Crippen LogP contribution < -0.4 is 36.2 Å². The van der Waals surface area contributed by atoms with E-state index in [2.05, 4.69) is 67.2 Å². The van der Waals surface area contributed by atoms with Crippen LogP contribution in [0.3, 0.4) is 0 Å². The minimum Gasteiger partial charge on any atom is -0.778 e. The average Bonchev–Trinajstić information content (AvgIpc) is 3.51. The van der Waals surface area contributed by atoms with Crippen molar-refractivity contribution < 1.29 is 51.0 Å². The molecule has 0 bridgehead atoms. The highest BCUT2D eigenvalue weighted by Gasteiger charge is 2.25. The lowest BCUT2D eigenvalue weighted by Gasteiger charge is -2.31. The molecule has 0 saturated heterocycles. The molecule has 0 aliphatic carbocycles. The summed E-state index contributed by atoms with van der Waals surface area (Å²) >= 11 is 23.3. The number of anilines is 4. The Kier molecular flexibility index (Phi) is 30.5. The van der Waals surface area contributed by atoms with Crippen molar-refractivity contribution in [1.29, 1.82) is 0 Å². The Labute approximate surface area is 430 Å². The first-order chi connectivity index (χ1) is 32.3. The molecule has 0 radical (unpaired) electrons. The summed E-state index contributed by atoms with van der Waals surface area (Å²) in [6.07, 6.45) is 7.65. The van der Waals surface area contributed by atoms with Gasteiger partial charge in [-0.05, 0) is 93.7 Å². The second-order valence-corrected chi connectivity index (χ2v) is 22.3. The number of hydrogen-bond acceptors (Lipinski definition) is 15. The molecule has 2 aromatic carbocycles. The van der Waals surface area contributed by atoms with Gasteiger partial charge in [-0.3, -0.25) is 19.6 Å². The lowest BCUT2D eigenvalue weighted by atomic mass is 10.0. The van der Waals surface area contributed by atoms with E-state index < -0.39 is 48.7 Å².